The van der Waals surface area contributed by atoms with Crippen molar-refractivity contribution >= 4 is 29.1 Å². The van der Waals surface area contributed by atoms with Gasteiger partial charge in [-0.1, -0.05) is 23.7 Å². The SMILES string of the molecule is O=c1nc2n(nc1-c1ccc(F)cc1)[C@H](/C(Cl)=C\c1ccc([N+](=O)[O-])cc1)Nc1ccccc1-2. The fourth-order valence-electron chi connectivity index (χ4n) is 3.68. The van der Waals surface area contributed by atoms with E-state index in [1.54, 1.807) is 18.2 Å². The smallest absolute Gasteiger partial charge is 0.300 e. The van der Waals surface area contributed by atoms with Crippen molar-refractivity contribution in [3.05, 3.63) is 110 Å². The molecule has 0 fully saturated rings. The number of para-hydroxylation sites is 1. The molecule has 1 aliphatic rings. The Labute approximate surface area is 197 Å². The van der Waals surface area contributed by atoms with E-state index in [0.717, 1.165) is 0 Å². The number of nitrogens with one attached hydrogen (secondary N) is 1. The maximum atomic E-state index is 13.4. The highest BCUT2D eigenvalue weighted by atomic mass is 35.5. The van der Waals surface area contributed by atoms with Crippen LogP contribution < -0.4 is 10.9 Å². The van der Waals surface area contributed by atoms with Crippen LogP contribution in [0.25, 0.3) is 28.7 Å². The van der Waals surface area contributed by atoms with Crippen LogP contribution >= 0.6 is 11.6 Å². The standard InChI is InChI=1S/C24H15ClFN5O3/c25-19(13-14-5-11-17(12-6-14)31(33)34)23-27-20-4-2-1-3-18(20)22-28-24(32)21(29-30(22)23)15-7-9-16(26)10-8-15/h1-13,23,27H/b19-13+/t23-/m1/s1. The van der Waals surface area contributed by atoms with Gasteiger partial charge in [-0.05, 0) is 60.2 Å². The molecule has 0 radical (unpaired) electrons. The van der Waals surface area contributed by atoms with E-state index >= 15 is 0 Å². The van der Waals surface area contributed by atoms with Crippen LogP contribution in [0.2, 0.25) is 0 Å². The zero-order valence-corrected chi connectivity index (χ0v) is 18.1. The Morgan fingerprint density at radius 2 is 1.79 bits per heavy atom. The van der Waals surface area contributed by atoms with Gasteiger partial charge in [-0.15, -0.1) is 0 Å². The maximum absolute atomic E-state index is 13.4. The molecule has 0 aliphatic carbocycles. The molecule has 0 amide bonds. The number of rotatable bonds is 4. The monoisotopic (exact) mass is 475 g/mol. The molecular weight excluding hydrogens is 461 g/mol. The molecule has 168 valence electrons. The van der Waals surface area contributed by atoms with Gasteiger partial charge in [0.05, 0.1) is 9.96 Å². The van der Waals surface area contributed by atoms with Gasteiger partial charge in [-0.3, -0.25) is 14.9 Å². The lowest BCUT2D eigenvalue weighted by Crippen LogP contribution is -2.31. The highest BCUT2D eigenvalue weighted by Crippen LogP contribution is 2.38. The minimum Gasteiger partial charge on any atom is -0.359 e. The predicted octanol–water partition coefficient (Wildman–Crippen LogP) is 5.22. The molecule has 34 heavy (non-hydrogen) atoms. The average molecular weight is 476 g/mol. The van der Waals surface area contributed by atoms with E-state index in [1.165, 1.54) is 41.1 Å². The molecule has 0 saturated heterocycles. The Morgan fingerprint density at radius 1 is 1.09 bits per heavy atom. The molecule has 1 N–H and O–H groups in total. The summed E-state index contributed by atoms with van der Waals surface area (Å²) in [6.45, 7) is 0. The molecule has 8 nitrogen and oxygen atoms in total. The van der Waals surface area contributed by atoms with Gasteiger partial charge in [0.25, 0.3) is 11.2 Å². The summed E-state index contributed by atoms with van der Waals surface area (Å²) in [5.41, 5.74) is 1.92. The third-order valence-electron chi connectivity index (χ3n) is 5.33. The number of non-ortho nitro benzene ring substituents is 1. The summed E-state index contributed by atoms with van der Waals surface area (Å²) in [5.74, 6) is -0.109. The molecule has 0 unspecified atom stereocenters. The second-order valence-electron chi connectivity index (χ2n) is 7.51. The van der Waals surface area contributed by atoms with E-state index in [-0.39, 0.29) is 11.4 Å². The van der Waals surface area contributed by atoms with Crippen LogP contribution in [0.5, 0.6) is 0 Å². The van der Waals surface area contributed by atoms with Crippen molar-refractivity contribution < 1.29 is 9.31 Å². The lowest BCUT2D eigenvalue weighted by atomic mass is 10.1. The van der Waals surface area contributed by atoms with E-state index in [0.29, 0.717) is 33.2 Å². The summed E-state index contributed by atoms with van der Waals surface area (Å²) in [7, 11) is 0. The minimum absolute atomic E-state index is 0.0320. The largest absolute Gasteiger partial charge is 0.359 e. The Bertz CT molecular complexity index is 1500. The predicted molar refractivity (Wildman–Crippen MR) is 127 cm³/mol. The molecule has 1 aliphatic heterocycles. The minimum atomic E-state index is -0.714. The van der Waals surface area contributed by atoms with Crippen LogP contribution in [-0.2, 0) is 0 Å². The number of fused-ring (bicyclic) bond motifs is 3. The van der Waals surface area contributed by atoms with Gasteiger partial charge in [0, 0.05) is 28.9 Å². The summed E-state index contributed by atoms with van der Waals surface area (Å²) in [6, 6.07) is 18.6. The van der Waals surface area contributed by atoms with Crippen molar-refractivity contribution in [1.29, 1.82) is 0 Å². The Hall–Kier alpha value is -4.37. The molecular formula is C24H15ClFN5O3. The topological polar surface area (TPSA) is 103 Å². The van der Waals surface area contributed by atoms with Crippen LogP contribution in [-0.4, -0.2) is 19.7 Å². The van der Waals surface area contributed by atoms with Crippen LogP contribution in [0.3, 0.4) is 0 Å². The quantitative estimate of drug-likeness (QED) is 0.320. The third-order valence-corrected chi connectivity index (χ3v) is 5.64. The number of nitrogens with zero attached hydrogens (tertiary/aromatic N) is 4. The number of hydrogen-bond donors (Lipinski definition) is 1. The van der Waals surface area contributed by atoms with E-state index in [4.69, 9.17) is 11.6 Å². The fraction of sp³-hybridized carbons (Fsp3) is 0.0417. The van der Waals surface area contributed by atoms with Crippen LogP contribution in [0.4, 0.5) is 15.8 Å². The average Bonchev–Trinajstić information content (AvgIpc) is 2.84. The van der Waals surface area contributed by atoms with Gasteiger partial charge in [-0.25, -0.2) is 9.07 Å². The fourth-order valence-corrected chi connectivity index (χ4v) is 3.95. The Balaban J connectivity index is 1.63. The molecule has 1 atom stereocenters. The first-order chi connectivity index (χ1) is 16.4. The van der Waals surface area contributed by atoms with E-state index in [2.05, 4.69) is 15.4 Å². The van der Waals surface area contributed by atoms with Crippen molar-refractivity contribution in [2.24, 2.45) is 0 Å². The van der Waals surface area contributed by atoms with Crippen molar-refractivity contribution in [3.63, 3.8) is 0 Å². The first-order valence-corrected chi connectivity index (χ1v) is 10.5. The van der Waals surface area contributed by atoms with Gasteiger partial charge in [0.1, 0.15) is 5.82 Å². The maximum Gasteiger partial charge on any atom is 0.300 e. The van der Waals surface area contributed by atoms with Gasteiger partial charge < -0.3 is 5.32 Å². The normalized spacial score (nSPS) is 14.6. The number of hydrogen-bond acceptors (Lipinski definition) is 6. The van der Waals surface area contributed by atoms with Gasteiger partial charge in [0.15, 0.2) is 17.7 Å². The van der Waals surface area contributed by atoms with Gasteiger partial charge >= 0.3 is 0 Å². The lowest BCUT2D eigenvalue weighted by molar-refractivity contribution is -0.384. The summed E-state index contributed by atoms with van der Waals surface area (Å²) in [6.07, 6.45) is 0.937. The van der Waals surface area contributed by atoms with Gasteiger partial charge in [0.2, 0.25) is 0 Å². The Morgan fingerprint density at radius 3 is 2.50 bits per heavy atom. The van der Waals surface area contributed by atoms with E-state index in [9.17, 15) is 19.3 Å². The summed E-state index contributed by atoms with van der Waals surface area (Å²) >= 11 is 6.70. The zero-order valence-electron chi connectivity index (χ0n) is 17.4. The van der Waals surface area contributed by atoms with Crippen LogP contribution in [0, 0.1) is 15.9 Å². The van der Waals surface area contributed by atoms with E-state index in [1.807, 2.05) is 24.3 Å². The molecule has 0 bridgehead atoms. The van der Waals surface area contributed by atoms with Crippen LogP contribution in [0.15, 0.2) is 82.6 Å². The lowest BCUT2D eigenvalue weighted by Gasteiger charge is -2.30. The molecule has 2 heterocycles. The number of anilines is 1. The highest BCUT2D eigenvalue weighted by Gasteiger charge is 2.28. The van der Waals surface area contributed by atoms with E-state index < -0.39 is 22.5 Å². The number of benzene rings is 3. The highest BCUT2D eigenvalue weighted by molar-refractivity contribution is 6.32. The molecule has 1 aromatic heterocycles. The number of nitro benzene ring substituents is 1. The second-order valence-corrected chi connectivity index (χ2v) is 7.95. The first-order valence-electron chi connectivity index (χ1n) is 10.1. The van der Waals surface area contributed by atoms with Crippen molar-refractivity contribution in [3.8, 4) is 22.6 Å². The number of aromatic nitrogens is 3. The molecule has 3 aromatic carbocycles. The molecule has 0 spiro atoms. The van der Waals surface area contributed by atoms with Crippen LogP contribution in [0.1, 0.15) is 11.7 Å². The third kappa shape index (κ3) is 3.93. The molecule has 10 heteroatoms. The Kier molecular flexibility index (Phi) is 5.39. The molecule has 5 rings (SSSR count). The number of nitro groups is 1. The summed E-state index contributed by atoms with van der Waals surface area (Å²) in [5, 5.41) is 19.1. The second kappa shape index (κ2) is 8.53. The first kappa shape index (κ1) is 21.5. The van der Waals surface area contributed by atoms with Crippen molar-refractivity contribution in [1.82, 2.24) is 14.8 Å². The van der Waals surface area contributed by atoms with Crippen molar-refractivity contribution in [2.45, 2.75) is 6.17 Å². The van der Waals surface area contributed by atoms with Crippen molar-refractivity contribution in [2.75, 3.05) is 5.32 Å². The molecule has 4 aromatic rings. The molecule has 0 saturated carbocycles. The number of halogens is 2. The zero-order chi connectivity index (χ0) is 23.8. The summed E-state index contributed by atoms with van der Waals surface area (Å²) in [4.78, 5) is 27.6. The van der Waals surface area contributed by atoms with Gasteiger partial charge in [-0.2, -0.15) is 10.1 Å². The summed E-state index contributed by atoms with van der Waals surface area (Å²) < 4.78 is 14.9.